The van der Waals surface area contributed by atoms with E-state index in [-0.39, 0.29) is 5.78 Å². The van der Waals surface area contributed by atoms with Gasteiger partial charge < -0.3 is 0 Å². The van der Waals surface area contributed by atoms with Gasteiger partial charge in [0, 0.05) is 18.0 Å². The van der Waals surface area contributed by atoms with Crippen molar-refractivity contribution in [2.75, 3.05) is 0 Å². The highest BCUT2D eigenvalue weighted by molar-refractivity contribution is 7.18. The van der Waals surface area contributed by atoms with Crippen molar-refractivity contribution in [1.29, 1.82) is 0 Å². The number of hydrogen-bond donors (Lipinski definition) is 0. The molecule has 3 nitrogen and oxygen atoms in total. The molecule has 0 unspecified atom stereocenters. The van der Waals surface area contributed by atoms with Gasteiger partial charge in [0.1, 0.15) is 5.01 Å². The molecule has 0 aliphatic heterocycles. The van der Waals surface area contributed by atoms with Gasteiger partial charge in [-0.1, -0.05) is 19.1 Å². The van der Waals surface area contributed by atoms with E-state index >= 15 is 0 Å². The first-order valence-electron chi connectivity index (χ1n) is 6.58. The molecule has 0 atom stereocenters. The topological polar surface area (TPSA) is 42.9 Å². The molecule has 0 radical (unpaired) electrons. The van der Waals surface area contributed by atoms with Gasteiger partial charge in [-0.3, -0.25) is 9.78 Å². The maximum absolute atomic E-state index is 12.4. The van der Waals surface area contributed by atoms with E-state index in [1.807, 2.05) is 31.2 Å². The van der Waals surface area contributed by atoms with Crippen LogP contribution < -0.4 is 0 Å². The van der Waals surface area contributed by atoms with E-state index < -0.39 is 0 Å². The summed E-state index contributed by atoms with van der Waals surface area (Å²) in [7, 11) is 0. The zero-order valence-electron chi connectivity index (χ0n) is 11.2. The van der Waals surface area contributed by atoms with Gasteiger partial charge in [-0.15, -0.1) is 11.3 Å². The Hall–Kier alpha value is -2.07. The van der Waals surface area contributed by atoms with E-state index in [9.17, 15) is 4.79 Å². The standard InChI is InChI=1S/C16H14N2OS/c1-2-11-10-17-8-7-12(11)14(19)9-16-18-13-5-3-4-6-15(13)20-16/h3-8,10H,2,9H2,1H3. The molecule has 0 fully saturated rings. The first-order chi connectivity index (χ1) is 9.78. The van der Waals surface area contributed by atoms with Crippen molar-refractivity contribution < 1.29 is 4.79 Å². The smallest absolute Gasteiger partial charge is 0.170 e. The quantitative estimate of drug-likeness (QED) is 0.686. The SMILES string of the molecule is CCc1cnccc1C(=O)Cc1nc2ccccc2s1. The van der Waals surface area contributed by atoms with E-state index in [0.29, 0.717) is 6.42 Å². The molecule has 0 saturated carbocycles. The number of carbonyl (C=O) groups is 1. The Morgan fingerprint density at radius 3 is 2.90 bits per heavy atom. The van der Waals surface area contributed by atoms with Crippen LogP contribution in [-0.4, -0.2) is 15.8 Å². The van der Waals surface area contributed by atoms with Gasteiger partial charge in [-0.2, -0.15) is 0 Å². The fourth-order valence-electron chi connectivity index (χ4n) is 2.21. The Kier molecular flexibility index (Phi) is 3.56. The molecule has 0 saturated heterocycles. The predicted molar refractivity (Wildman–Crippen MR) is 81.3 cm³/mol. The lowest BCUT2D eigenvalue weighted by Gasteiger charge is -2.04. The second-order valence-corrected chi connectivity index (χ2v) is 5.68. The highest BCUT2D eigenvalue weighted by Crippen LogP contribution is 2.23. The lowest BCUT2D eigenvalue weighted by molar-refractivity contribution is 0.0992. The van der Waals surface area contributed by atoms with Gasteiger partial charge in [0.15, 0.2) is 5.78 Å². The Morgan fingerprint density at radius 2 is 2.10 bits per heavy atom. The van der Waals surface area contributed by atoms with Crippen molar-refractivity contribution >= 4 is 27.3 Å². The number of ketones is 1. The van der Waals surface area contributed by atoms with Gasteiger partial charge in [0.25, 0.3) is 0 Å². The zero-order chi connectivity index (χ0) is 13.9. The monoisotopic (exact) mass is 282 g/mol. The number of Topliss-reactive ketones (excluding diaryl/α,β-unsaturated/α-hetero) is 1. The molecule has 2 aromatic heterocycles. The van der Waals surface area contributed by atoms with Crippen molar-refractivity contribution in [1.82, 2.24) is 9.97 Å². The number of pyridine rings is 1. The molecule has 100 valence electrons. The fourth-order valence-corrected chi connectivity index (χ4v) is 3.18. The molecule has 0 amide bonds. The predicted octanol–water partition coefficient (Wildman–Crippen LogP) is 3.68. The van der Waals surface area contributed by atoms with Crippen molar-refractivity contribution in [3.05, 3.63) is 58.9 Å². The minimum absolute atomic E-state index is 0.114. The summed E-state index contributed by atoms with van der Waals surface area (Å²) in [4.78, 5) is 21.0. The molecule has 0 bridgehead atoms. The minimum Gasteiger partial charge on any atom is -0.294 e. The van der Waals surface area contributed by atoms with Gasteiger partial charge in [-0.05, 0) is 30.2 Å². The summed E-state index contributed by atoms with van der Waals surface area (Å²) < 4.78 is 1.13. The first kappa shape index (κ1) is 12.9. The maximum Gasteiger partial charge on any atom is 0.170 e. The van der Waals surface area contributed by atoms with E-state index in [0.717, 1.165) is 32.8 Å². The average molecular weight is 282 g/mol. The summed E-state index contributed by atoms with van der Waals surface area (Å²) in [5, 5.41) is 0.870. The third kappa shape index (κ3) is 2.47. The number of carbonyl (C=O) groups excluding carboxylic acids is 1. The van der Waals surface area contributed by atoms with E-state index in [2.05, 4.69) is 9.97 Å². The second kappa shape index (κ2) is 5.51. The normalized spacial score (nSPS) is 10.8. The maximum atomic E-state index is 12.4. The van der Waals surface area contributed by atoms with Crippen LogP contribution >= 0.6 is 11.3 Å². The van der Waals surface area contributed by atoms with E-state index in [1.54, 1.807) is 29.8 Å². The summed E-state index contributed by atoms with van der Waals surface area (Å²) in [6.07, 6.45) is 4.61. The zero-order valence-corrected chi connectivity index (χ0v) is 12.0. The Morgan fingerprint density at radius 1 is 1.25 bits per heavy atom. The van der Waals surface area contributed by atoms with Crippen LogP contribution in [0.3, 0.4) is 0 Å². The highest BCUT2D eigenvalue weighted by Gasteiger charge is 2.13. The molecule has 1 aromatic carbocycles. The number of aromatic nitrogens is 2. The van der Waals surface area contributed by atoms with Crippen LogP contribution in [0.4, 0.5) is 0 Å². The number of nitrogens with zero attached hydrogens (tertiary/aromatic N) is 2. The molecule has 0 aliphatic rings. The van der Waals surface area contributed by atoms with Crippen LogP contribution in [-0.2, 0) is 12.8 Å². The largest absolute Gasteiger partial charge is 0.294 e. The van der Waals surface area contributed by atoms with Gasteiger partial charge in [0.2, 0.25) is 0 Å². The molecule has 20 heavy (non-hydrogen) atoms. The molecule has 2 heterocycles. The van der Waals surface area contributed by atoms with Crippen LogP contribution in [0.5, 0.6) is 0 Å². The Balaban J connectivity index is 1.88. The van der Waals surface area contributed by atoms with Crippen molar-refractivity contribution in [2.24, 2.45) is 0 Å². The summed E-state index contributed by atoms with van der Waals surface area (Å²) in [5.74, 6) is 0.114. The number of aryl methyl sites for hydroxylation is 1. The summed E-state index contributed by atoms with van der Waals surface area (Å²) in [5.41, 5.74) is 2.73. The molecule has 4 heteroatoms. The summed E-state index contributed by atoms with van der Waals surface area (Å²) in [6.45, 7) is 2.03. The first-order valence-corrected chi connectivity index (χ1v) is 7.40. The fraction of sp³-hybridized carbons (Fsp3) is 0.188. The minimum atomic E-state index is 0.114. The van der Waals surface area contributed by atoms with Gasteiger partial charge >= 0.3 is 0 Å². The summed E-state index contributed by atoms with van der Waals surface area (Å²) >= 11 is 1.59. The third-order valence-corrected chi connectivity index (χ3v) is 4.27. The lowest BCUT2D eigenvalue weighted by Crippen LogP contribution is -2.07. The third-order valence-electron chi connectivity index (χ3n) is 3.23. The molecule has 3 aromatic rings. The number of fused-ring (bicyclic) bond motifs is 1. The van der Waals surface area contributed by atoms with Crippen LogP contribution in [0.25, 0.3) is 10.2 Å². The Labute approximate surface area is 121 Å². The molecule has 3 rings (SSSR count). The van der Waals surface area contributed by atoms with Crippen molar-refractivity contribution in [2.45, 2.75) is 19.8 Å². The molecular formula is C16H14N2OS. The van der Waals surface area contributed by atoms with Crippen molar-refractivity contribution in [3.63, 3.8) is 0 Å². The number of thiazole rings is 1. The Bertz CT molecular complexity index is 731. The van der Waals surface area contributed by atoms with Crippen LogP contribution in [0.1, 0.15) is 27.9 Å². The molecule has 0 spiro atoms. The number of rotatable bonds is 4. The van der Waals surface area contributed by atoms with E-state index in [4.69, 9.17) is 0 Å². The number of benzene rings is 1. The average Bonchev–Trinajstić information content (AvgIpc) is 2.89. The second-order valence-electron chi connectivity index (χ2n) is 4.56. The van der Waals surface area contributed by atoms with Crippen LogP contribution in [0, 0.1) is 0 Å². The summed E-state index contributed by atoms with van der Waals surface area (Å²) in [6, 6.07) is 9.76. The van der Waals surface area contributed by atoms with Gasteiger partial charge in [-0.25, -0.2) is 4.98 Å². The van der Waals surface area contributed by atoms with Crippen LogP contribution in [0.15, 0.2) is 42.7 Å². The number of hydrogen-bond acceptors (Lipinski definition) is 4. The molecule has 0 aliphatic carbocycles. The molecule has 0 N–H and O–H groups in total. The van der Waals surface area contributed by atoms with Crippen LogP contribution in [0.2, 0.25) is 0 Å². The van der Waals surface area contributed by atoms with Crippen molar-refractivity contribution in [3.8, 4) is 0 Å². The highest BCUT2D eigenvalue weighted by atomic mass is 32.1. The van der Waals surface area contributed by atoms with Gasteiger partial charge in [0.05, 0.1) is 16.6 Å². The number of para-hydroxylation sites is 1. The lowest BCUT2D eigenvalue weighted by atomic mass is 10.0. The van der Waals surface area contributed by atoms with E-state index in [1.165, 1.54) is 0 Å². The molecular weight excluding hydrogens is 268 g/mol.